The Bertz CT molecular complexity index is 963. The van der Waals surface area contributed by atoms with Crippen molar-refractivity contribution in [3.05, 3.63) is 64.7 Å². The molecule has 4 nitrogen and oxygen atoms in total. The molecular formula is C20H20FN3O. The van der Waals surface area contributed by atoms with Crippen LogP contribution in [0.15, 0.2) is 36.4 Å². The summed E-state index contributed by atoms with van der Waals surface area (Å²) in [6.07, 6.45) is 1.82. The Kier molecular flexibility index (Phi) is 3.79. The number of H-pyrrole nitrogens is 1. The van der Waals surface area contributed by atoms with Crippen LogP contribution in [0.2, 0.25) is 0 Å². The number of imidazole rings is 1. The van der Waals surface area contributed by atoms with Gasteiger partial charge in [0.1, 0.15) is 11.6 Å². The van der Waals surface area contributed by atoms with Crippen molar-refractivity contribution >= 4 is 16.9 Å². The van der Waals surface area contributed by atoms with E-state index in [1.807, 2.05) is 24.0 Å². The lowest BCUT2D eigenvalue weighted by molar-refractivity contribution is 0.0730. The maximum atomic E-state index is 13.5. The highest BCUT2D eigenvalue weighted by atomic mass is 19.1. The Morgan fingerprint density at radius 3 is 2.88 bits per heavy atom. The van der Waals surface area contributed by atoms with Crippen molar-refractivity contribution in [2.24, 2.45) is 0 Å². The van der Waals surface area contributed by atoms with E-state index in [9.17, 15) is 9.18 Å². The molecule has 1 aliphatic heterocycles. The number of fused-ring (bicyclic) bond motifs is 1. The van der Waals surface area contributed by atoms with Gasteiger partial charge >= 0.3 is 0 Å². The standard InChI is InChI=1S/C20H20FN3O/c1-12-5-8-16-17(10-12)23-19(22-16)18-4-3-9-24(18)20(25)14-6-7-15(21)13(2)11-14/h5-8,10-11,18H,3-4,9H2,1-2H3,(H,22,23). The monoisotopic (exact) mass is 337 g/mol. The van der Waals surface area contributed by atoms with E-state index in [1.54, 1.807) is 19.1 Å². The van der Waals surface area contributed by atoms with Crippen LogP contribution in [0.1, 0.15) is 46.2 Å². The molecule has 2 aromatic carbocycles. The molecule has 0 radical (unpaired) electrons. The first-order valence-electron chi connectivity index (χ1n) is 8.56. The molecule has 3 aromatic rings. The fourth-order valence-corrected chi connectivity index (χ4v) is 3.54. The molecule has 1 aliphatic rings. The minimum absolute atomic E-state index is 0.0643. The number of carbonyl (C=O) groups is 1. The van der Waals surface area contributed by atoms with Crippen LogP contribution in [0, 0.1) is 19.7 Å². The number of likely N-dealkylation sites (tertiary alicyclic amines) is 1. The second-order valence-corrected chi connectivity index (χ2v) is 6.76. The molecule has 0 bridgehead atoms. The number of halogens is 1. The van der Waals surface area contributed by atoms with Gasteiger partial charge in [0, 0.05) is 12.1 Å². The van der Waals surface area contributed by atoms with E-state index in [-0.39, 0.29) is 17.8 Å². The Morgan fingerprint density at radius 2 is 2.08 bits per heavy atom. The van der Waals surface area contributed by atoms with E-state index < -0.39 is 0 Å². The zero-order valence-electron chi connectivity index (χ0n) is 14.3. The number of nitrogens with one attached hydrogen (secondary N) is 1. The van der Waals surface area contributed by atoms with Crippen LogP contribution in [0.3, 0.4) is 0 Å². The third-order valence-corrected chi connectivity index (χ3v) is 4.89. The smallest absolute Gasteiger partial charge is 0.254 e. The van der Waals surface area contributed by atoms with Crippen molar-refractivity contribution in [1.29, 1.82) is 0 Å². The highest BCUT2D eigenvalue weighted by molar-refractivity contribution is 5.95. The SMILES string of the molecule is Cc1ccc2nc(C3CCCN3C(=O)c3ccc(F)c(C)c3)[nH]c2c1. The molecule has 128 valence electrons. The van der Waals surface area contributed by atoms with E-state index in [0.717, 1.165) is 29.7 Å². The minimum atomic E-state index is -0.290. The molecule has 1 amide bonds. The lowest BCUT2D eigenvalue weighted by Gasteiger charge is -2.23. The molecular weight excluding hydrogens is 317 g/mol. The molecule has 1 saturated heterocycles. The summed E-state index contributed by atoms with van der Waals surface area (Å²) in [5, 5.41) is 0. The number of aromatic amines is 1. The fourth-order valence-electron chi connectivity index (χ4n) is 3.54. The average Bonchev–Trinajstić information content (AvgIpc) is 3.22. The summed E-state index contributed by atoms with van der Waals surface area (Å²) in [5.74, 6) is 0.467. The van der Waals surface area contributed by atoms with Crippen LogP contribution in [0.5, 0.6) is 0 Å². The number of rotatable bonds is 2. The first-order valence-corrected chi connectivity index (χ1v) is 8.56. The summed E-state index contributed by atoms with van der Waals surface area (Å²) in [6, 6.07) is 10.6. The fraction of sp³-hybridized carbons (Fsp3) is 0.300. The van der Waals surface area contributed by atoms with E-state index in [1.165, 1.54) is 11.6 Å². The largest absolute Gasteiger partial charge is 0.340 e. The number of hydrogen-bond donors (Lipinski definition) is 1. The van der Waals surface area contributed by atoms with E-state index in [2.05, 4.69) is 16.0 Å². The molecule has 0 spiro atoms. The summed E-state index contributed by atoms with van der Waals surface area (Å²) >= 11 is 0. The lowest BCUT2D eigenvalue weighted by atomic mass is 10.1. The summed E-state index contributed by atoms with van der Waals surface area (Å²) in [6.45, 7) is 4.41. The summed E-state index contributed by atoms with van der Waals surface area (Å²) in [4.78, 5) is 22.8. The zero-order chi connectivity index (χ0) is 17.6. The molecule has 1 N–H and O–H groups in total. The van der Waals surface area contributed by atoms with Gasteiger partial charge in [-0.25, -0.2) is 9.37 Å². The first-order chi connectivity index (χ1) is 12.0. The second-order valence-electron chi connectivity index (χ2n) is 6.76. The number of hydrogen-bond acceptors (Lipinski definition) is 2. The predicted molar refractivity (Wildman–Crippen MR) is 95.0 cm³/mol. The lowest BCUT2D eigenvalue weighted by Crippen LogP contribution is -2.31. The Labute approximate surface area is 145 Å². The molecule has 0 aliphatic carbocycles. The molecule has 1 fully saturated rings. The zero-order valence-corrected chi connectivity index (χ0v) is 14.3. The molecule has 1 aromatic heterocycles. The van der Waals surface area contributed by atoms with Crippen molar-refractivity contribution in [3.63, 3.8) is 0 Å². The topological polar surface area (TPSA) is 49.0 Å². The van der Waals surface area contributed by atoms with Crippen LogP contribution in [0.25, 0.3) is 11.0 Å². The molecule has 4 rings (SSSR count). The summed E-state index contributed by atoms with van der Waals surface area (Å²) in [5.41, 5.74) is 4.09. The van der Waals surface area contributed by atoms with E-state index in [4.69, 9.17) is 0 Å². The Balaban J connectivity index is 1.66. The van der Waals surface area contributed by atoms with Gasteiger partial charge in [-0.2, -0.15) is 0 Å². The highest BCUT2D eigenvalue weighted by Crippen LogP contribution is 2.33. The van der Waals surface area contributed by atoms with Gasteiger partial charge < -0.3 is 9.88 Å². The third-order valence-electron chi connectivity index (χ3n) is 4.89. The quantitative estimate of drug-likeness (QED) is 0.758. The number of carbonyl (C=O) groups excluding carboxylic acids is 1. The van der Waals surface area contributed by atoms with Crippen LogP contribution in [-0.2, 0) is 0 Å². The molecule has 0 saturated carbocycles. The van der Waals surface area contributed by atoms with Gasteiger partial charge in [0.25, 0.3) is 5.91 Å². The van der Waals surface area contributed by atoms with Gasteiger partial charge in [0.05, 0.1) is 17.1 Å². The molecule has 25 heavy (non-hydrogen) atoms. The van der Waals surface area contributed by atoms with Gasteiger partial charge in [0.15, 0.2) is 0 Å². The van der Waals surface area contributed by atoms with Crippen molar-refractivity contribution in [3.8, 4) is 0 Å². The molecule has 2 heterocycles. The number of nitrogens with zero attached hydrogens (tertiary/aromatic N) is 2. The van der Waals surface area contributed by atoms with Gasteiger partial charge in [-0.05, 0) is 68.1 Å². The van der Waals surface area contributed by atoms with Crippen LogP contribution >= 0.6 is 0 Å². The molecule has 5 heteroatoms. The van der Waals surface area contributed by atoms with Crippen molar-refractivity contribution in [1.82, 2.24) is 14.9 Å². The Morgan fingerprint density at radius 1 is 1.24 bits per heavy atom. The maximum Gasteiger partial charge on any atom is 0.254 e. The van der Waals surface area contributed by atoms with Gasteiger partial charge in [-0.15, -0.1) is 0 Å². The number of benzene rings is 2. The normalized spacial score (nSPS) is 17.4. The highest BCUT2D eigenvalue weighted by Gasteiger charge is 2.32. The number of aromatic nitrogens is 2. The Hall–Kier alpha value is -2.69. The van der Waals surface area contributed by atoms with Crippen molar-refractivity contribution in [2.75, 3.05) is 6.54 Å². The van der Waals surface area contributed by atoms with Gasteiger partial charge in [0.2, 0.25) is 0 Å². The second kappa shape index (κ2) is 5.99. The molecule has 1 atom stereocenters. The van der Waals surface area contributed by atoms with Crippen LogP contribution in [-0.4, -0.2) is 27.3 Å². The van der Waals surface area contributed by atoms with E-state index >= 15 is 0 Å². The summed E-state index contributed by atoms with van der Waals surface area (Å²) in [7, 11) is 0. The average molecular weight is 337 g/mol. The predicted octanol–water partition coefficient (Wildman–Crippen LogP) is 4.30. The first kappa shape index (κ1) is 15.8. The van der Waals surface area contributed by atoms with Crippen molar-refractivity contribution < 1.29 is 9.18 Å². The van der Waals surface area contributed by atoms with Gasteiger partial charge in [-0.1, -0.05) is 6.07 Å². The summed E-state index contributed by atoms with van der Waals surface area (Å²) < 4.78 is 13.5. The minimum Gasteiger partial charge on any atom is -0.340 e. The maximum absolute atomic E-state index is 13.5. The van der Waals surface area contributed by atoms with Crippen LogP contribution < -0.4 is 0 Å². The van der Waals surface area contributed by atoms with Crippen molar-refractivity contribution in [2.45, 2.75) is 32.7 Å². The number of aryl methyl sites for hydroxylation is 2. The third kappa shape index (κ3) is 2.80. The number of amides is 1. The van der Waals surface area contributed by atoms with Gasteiger partial charge in [-0.3, -0.25) is 4.79 Å². The van der Waals surface area contributed by atoms with E-state index in [0.29, 0.717) is 17.7 Å². The molecule has 1 unspecified atom stereocenters. The van der Waals surface area contributed by atoms with Crippen LogP contribution in [0.4, 0.5) is 4.39 Å².